The lowest BCUT2D eigenvalue weighted by Gasteiger charge is -2.32. The second-order valence-electron chi connectivity index (χ2n) is 5.92. The lowest BCUT2D eigenvalue weighted by Crippen LogP contribution is -2.49. The highest BCUT2D eigenvalue weighted by Gasteiger charge is 2.28. The van der Waals surface area contributed by atoms with Crippen molar-refractivity contribution in [2.45, 2.75) is 44.2 Å². The number of ether oxygens (including phenoxy) is 1. The molecule has 0 saturated carbocycles. The Hall–Kier alpha value is -1.40. The topological polar surface area (TPSA) is 58.6 Å². The minimum atomic E-state index is -0.265. The van der Waals surface area contributed by atoms with Crippen LogP contribution in [0.1, 0.15) is 30.6 Å². The van der Waals surface area contributed by atoms with Crippen LogP contribution >= 0.6 is 11.3 Å². The van der Waals surface area contributed by atoms with Gasteiger partial charge in [0, 0.05) is 30.6 Å². The Labute approximate surface area is 134 Å². The Morgan fingerprint density at radius 2 is 2.14 bits per heavy atom. The lowest BCUT2D eigenvalue weighted by atomic mass is 10.0. The summed E-state index contributed by atoms with van der Waals surface area (Å²) in [5.41, 5.74) is 0. The molecule has 120 valence electrons. The number of hydrogen-bond donors (Lipinski definition) is 1. The number of carbonyl (C=O) groups is 2. The third-order valence-electron chi connectivity index (χ3n) is 4.32. The maximum Gasteiger partial charge on any atom is 0.249 e. The van der Waals surface area contributed by atoms with E-state index in [0.29, 0.717) is 13.0 Å². The standard InChI is InChI=1S/C16H22N2O3S/c19-15(11-13-3-2-10-22-13)18-7-5-12(6-8-18)17-16(20)14-4-1-9-21-14/h2-3,10,12,14H,1,4-9,11H2,(H,17,20). The highest BCUT2D eigenvalue weighted by Crippen LogP contribution is 2.17. The van der Waals surface area contributed by atoms with Gasteiger partial charge in [0.2, 0.25) is 11.8 Å². The molecule has 22 heavy (non-hydrogen) atoms. The smallest absolute Gasteiger partial charge is 0.249 e. The number of nitrogens with zero attached hydrogens (tertiary/aromatic N) is 1. The predicted molar refractivity (Wildman–Crippen MR) is 84.7 cm³/mol. The van der Waals surface area contributed by atoms with Crippen LogP contribution in [0, 0.1) is 0 Å². The first-order valence-corrected chi connectivity index (χ1v) is 8.82. The molecule has 0 bridgehead atoms. The van der Waals surface area contributed by atoms with Gasteiger partial charge in [0.1, 0.15) is 6.10 Å². The van der Waals surface area contributed by atoms with Crippen LogP contribution in [0.15, 0.2) is 17.5 Å². The highest BCUT2D eigenvalue weighted by atomic mass is 32.1. The van der Waals surface area contributed by atoms with Gasteiger partial charge in [-0.2, -0.15) is 0 Å². The van der Waals surface area contributed by atoms with E-state index in [0.717, 1.165) is 43.6 Å². The Kier molecular flexibility index (Phi) is 5.10. The predicted octanol–water partition coefficient (Wildman–Crippen LogP) is 1.58. The van der Waals surface area contributed by atoms with Crippen LogP contribution < -0.4 is 5.32 Å². The van der Waals surface area contributed by atoms with Gasteiger partial charge in [-0.3, -0.25) is 9.59 Å². The Balaban J connectivity index is 1.42. The molecule has 3 heterocycles. The summed E-state index contributed by atoms with van der Waals surface area (Å²) in [5, 5.41) is 5.06. The largest absolute Gasteiger partial charge is 0.368 e. The van der Waals surface area contributed by atoms with E-state index in [2.05, 4.69) is 5.32 Å². The zero-order chi connectivity index (χ0) is 15.4. The van der Waals surface area contributed by atoms with E-state index in [9.17, 15) is 9.59 Å². The van der Waals surface area contributed by atoms with E-state index in [1.54, 1.807) is 11.3 Å². The van der Waals surface area contributed by atoms with E-state index >= 15 is 0 Å². The second-order valence-corrected chi connectivity index (χ2v) is 6.95. The minimum Gasteiger partial charge on any atom is -0.368 e. The summed E-state index contributed by atoms with van der Waals surface area (Å²) < 4.78 is 5.40. The van der Waals surface area contributed by atoms with Crippen molar-refractivity contribution in [3.63, 3.8) is 0 Å². The van der Waals surface area contributed by atoms with Crippen molar-refractivity contribution in [2.75, 3.05) is 19.7 Å². The van der Waals surface area contributed by atoms with Crippen LogP contribution in [0.5, 0.6) is 0 Å². The quantitative estimate of drug-likeness (QED) is 0.915. The summed E-state index contributed by atoms with van der Waals surface area (Å²) in [5.74, 6) is 0.201. The molecule has 2 fully saturated rings. The van der Waals surface area contributed by atoms with Gasteiger partial charge in [0.15, 0.2) is 0 Å². The summed E-state index contributed by atoms with van der Waals surface area (Å²) in [6.45, 7) is 2.13. The third kappa shape index (κ3) is 3.87. The minimum absolute atomic E-state index is 0.0147. The molecule has 1 N–H and O–H groups in total. The average molecular weight is 322 g/mol. The molecule has 2 saturated heterocycles. The zero-order valence-electron chi connectivity index (χ0n) is 12.6. The van der Waals surface area contributed by atoms with Gasteiger partial charge in [0.05, 0.1) is 6.42 Å². The molecule has 2 amide bonds. The second kappa shape index (κ2) is 7.24. The van der Waals surface area contributed by atoms with Gasteiger partial charge in [0.25, 0.3) is 0 Å². The summed E-state index contributed by atoms with van der Waals surface area (Å²) >= 11 is 1.62. The fraction of sp³-hybridized carbons (Fsp3) is 0.625. The summed E-state index contributed by atoms with van der Waals surface area (Å²) in [6.07, 6.45) is 3.67. The molecule has 1 aromatic heterocycles. The van der Waals surface area contributed by atoms with Gasteiger partial charge < -0.3 is 15.0 Å². The Morgan fingerprint density at radius 1 is 1.32 bits per heavy atom. The molecule has 1 aromatic rings. The number of piperidine rings is 1. The highest BCUT2D eigenvalue weighted by molar-refractivity contribution is 7.10. The van der Waals surface area contributed by atoms with Gasteiger partial charge >= 0.3 is 0 Å². The number of likely N-dealkylation sites (tertiary alicyclic amines) is 1. The number of nitrogens with one attached hydrogen (secondary N) is 1. The van der Waals surface area contributed by atoms with Gasteiger partial charge in [-0.05, 0) is 37.1 Å². The van der Waals surface area contributed by atoms with Crippen molar-refractivity contribution in [1.29, 1.82) is 0 Å². The first-order valence-electron chi connectivity index (χ1n) is 7.94. The Morgan fingerprint density at radius 3 is 2.77 bits per heavy atom. The number of amides is 2. The number of rotatable bonds is 4. The average Bonchev–Trinajstić information content (AvgIpc) is 3.21. The zero-order valence-corrected chi connectivity index (χ0v) is 13.4. The SMILES string of the molecule is O=C(NC1CCN(C(=O)Cc2cccs2)CC1)C1CCCO1. The van der Waals surface area contributed by atoms with Crippen molar-refractivity contribution in [3.05, 3.63) is 22.4 Å². The van der Waals surface area contributed by atoms with Crippen molar-refractivity contribution in [3.8, 4) is 0 Å². The van der Waals surface area contributed by atoms with E-state index in [1.807, 2.05) is 22.4 Å². The molecule has 0 spiro atoms. The van der Waals surface area contributed by atoms with E-state index in [-0.39, 0.29) is 24.0 Å². The number of hydrogen-bond acceptors (Lipinski definition) is 4. The molecule has 2 aliphatic heterocycles. The van der Waals surface area contributed by atoms with Crippen LogP contribution in [-0.2, 0) is 20.7 Å². The van der Waals surface area contributed by atoms with Crippen LogP contribution in [0.3, 0.4) is 0 Å². The first kappa shape index (κ1) is 15.5. The number of thiophene rings is 1. The van der Waals surface area contributed by atoms with Crippen molar-refractivity contribution in [1.82, 2.24) is 10.2 Å². The fourth-order valence-electron chi connectivity index (χ4n) is 3.03. The molecular weight excluding hydrogens is 300 g/mol. The third-order valence-corrected chi connectivity index (χ3v) is 5.20. The molecule has 2 aliphatic rings. The van der Waals surface area contributed by atoms with Crippen molar-refractivity contribution in [2.24, 2.45) is 0 Å². The fourth-order valence-corrected chi connectivity index (χ4v) is 3.72. The summed E-state index contributed by atoms with van der Waals surface area (Å²) in [6, 6.07) is 4.14. The molecule has 6 heteroatoms. The molecule has 0 aliphatic carbocycles. The van der Waals surface area contributed by atoms with Crippen molar-refractivity contribution < 1.29 is 14.3 Å². The van der Waals surface area contributed by atoms with E-state index < -0.39 is 0 Å². The van der Waals surface area contributed by atoms with Gasteiger partial charge in [-0.15, -0.1) is 11.3 Å². The molecule has 0 radical (unpaired) electrons. The first-order chi connectivity index (χ1) is 10.7. The molecule has 1 unspecified atom stereocenters. The van der Waals surface area contributed by atoms with Gasteiger partial charge in [-0.1, -0.05) is 6.07 Å². The van der Waals surface area contributed by atoms with Crippen LogP contribution in [0.4, 0.5) is 0 Å². The molecule has 1 atom stereocenters. The maximum atomic E-state index is 12.2. The van der Waals surface area contributed by atoms with E-state index in [4.69, 9.17) is 4.74 Å². The van der Waals surface area contributed by atoms with E-state index in [1.165, 1.54) is 0 Å². The molecule has 0 aromatic carbocycles. The van der Waals surface area contributed by atoms with Crippen LogP contribution in [-0.4, -0.2) is 48.6 Å². The van der Waals surface area contributed by atoms with Crippen LogP contribution in [0.25, 0.3) is 0 Å². The summed E-state index contributed by atoms with van der Waals surface area (Å²) in [4.78, 5) is 27.3. The monoisotopic (exact) mass is 322 g/mol. The lowest BCUT2D eigenvalue weighted by molar-refractivity contribution is -0.132. The molecule has 5 nitrogen and oxygen atoms in total. The van der Waals surface area contributed by atoms with Crippen LogP contribution in [0.2, 0.25) is 0 Å². The normalized spacial score (nSPS) is 22.7. The van der Waals surface area contributed by atoms with Gasteiger partial charge in [-0.25, -0.2) is 0 Å². The molecular formula is C16H22N2O3S. The summed E-state index contributed by atoms with van der Waals surface area (Å²) in [7, 11) is 0. The number of carbonyl (C=O) groups excluding carboxylic acids is 2. The van der Waals surface area contributed by atoms with Crippen molar-refractivity contribution >= 4 is 23.2 Å². The Bertz CT molecular complexity index is 503. The maximum absolute atomic E-state index is 12.2. The molecule has 3 rings (SSSR count).